The second-order valence-corrected chi connectivity index (χ2v) is 8.47. The lowest BCUT2D eigenvalue weighted by atomic mass is 9.94. The second-order valence-electron chi connectivity index (χ2n) is 8.47. The number of tetrazole rings is 1. The number of hydrogen-bond donors (Lipinski definition) is 2. The number of carbonyl (C=O) groups is 1. The van der Waals surface area contributed by atoms with Crippen molar-refractivity contribution < 1.29 is 23.4 Å². The largest absolute Gasteiger partial charge is 0.494 e. The Hall–Kier alpha value is -4.47. The van der Waals surface area contributed by atoms with Gasteiger partial charge in [0.25, 0.3) is 0 Å². The van der Waals surface area contributed by atoms with Crippen LogP contribution in [0.25, 0.3) is 22.5 Å². The highest BCUT2D eigenvalue weighted by Crippen LogP contribution is 2.50. The summed E-state index contributed by atoms with van der Waals surface area (Å²) < 4.78 is 30.1. The van der Waals surface area contributed by atoms with Gasteiger partial charge in [0.1, 0.15) is 0 Å². The Morgan fingerprint density at radius 2 is 1.67 bits per heavy atom. The van der Waals surface area contributed by atoms with E-state index in [1.165, 1.54) is 13.2 Å². The van der Waals surface area contributed by atoms with E-state index in [0.717, 1.165) is 11.1 Å². The molecule has 9 nitrogen and oxygen atoms in total. The van der Waals surface area contributed by atoms with Crippen molar-refractivity contribution in [2.75, 3.05) is 26.6 Å². The van der Waals surface area contributed by atoms with Crippen LogP contribution in [0.5, 0.6) is 17.2 Å². The first-order valence-corrected chi connectivity index (χ1v) is 11.2. The van der Waals surface area contributed by atoms with E-state index in [2.05, 4.69) is 25.9 Å². The molecule has 0 aliphatic heterocycles. The molecule has 1 aliphatic carbocycles. The zero-order chi connectivity index (χ0) is 25.3. The van der Waals surface area contributed by atoms with Crippen molar-refractivity contribution in [2.45, 2.75) is 18.3 Å². The van der Waals surface area contributed by atoms with Crippen LogP contribution in [0.3, 0.4) is 0 Å². The number of amides is 1. The first-order valence-electron chi connectivity index (χ1n) is 11.2. The van der Waals surface area contributed by atoms with Crippen LogP contribution in [0.1, 0.15) is 18.4 Å². The number of anilines is 1. The number of benzene rings is 3. The third-order valence-corrected chi connectivity index (χ3v) is 6.46. The minimum absolute atomic E-state index is 0.144. The number of nitrogens with one attached hydrogen (secondary N) is 2. The molecule has 1 saturated carbocycles. The summed E-state index contributed by atoms with van der Waals surface area (Å²) in [7, 11) is 4.56. The Balaban J connectivity index is 1.48. The average Bonchev–Trinajstić information content (AvgIpc) is 3.54. The van der Waals surface area contributed by atoms with E-state index < -0.39 is 11.2 Å². The zero-order valence-corrected chi connectivity index (χ0v) is 20.0. The number of ether oxygens (including phenoxy) is 3. The Labute approximate surface area is 206 Å². The molecular formula is C26H24FN5O4. The third kappa shape index (κ3) is 4.10. The summed E-state index contributed by atoms with van der Waals surface area (Å²) in [4.78, 5) is 13.3. The molecule has 0 saturated heterocycles. The van der Waals surface area contributed by atoms with Crippen molar-refractivity contribution in [1.82, 2.24) is 20.6 Å². The van der Waals surface area contributed by atoms with E-state index in [9.17, 15) is 9.18 Å². The van der Waals surface area contributed by atoms with Gasteiger partial charge in [0.15, 0.2) is 28.9 Å². The Morgan fingerprint density at radius 3 is 2.31 bits per heavy atom. The SMILES string of the molecule is COc1ccc(C2(C(=O)Nc3ccc(-c4ccc(OC)c(OC)c4)c(-c4nnn[nH]4)c3)CC2)cc1F. The molecule has 2 N–H and O–H groups in total. The lowest BCUT2D eigenvalue weighted by Gasteiger charge is -2.18. The lowest BCUT2D eigenvalue weighted by Crippen LogP contribution is -2.28. The number of aromatic amines is 1. The van der Waals surface area contributed by atoms with Crippen molar-refractivity contribution in [2.24, 2.45) is 0 Å². The van der Waals surface area contributed by atoms with E-state index in [1.54, 1.807) is 32.4 Å². The highest BCUT2D eigenvalue weighted by molar-refractivity contribution is 6.02. The Morgan fingerprint density at radius 1 is 0.917 bits per heavy atom. The fourth-order valence-corrected chi connectivity index (χ4v) is 4.33. The van der Waals surface area contributed by atoms with Crippen LogP contribution in [-0.2, 0) is 10.2 Å². The molecule has 1 fully saturated rings. The fourth-order valence-electron chi connectivity index (χ4n) is 4.33. The van der Waals surface area contributed by atoms with Gasteiger partial charge in [0.2, 0.25) is 5.91 Å². The van der Waals surface area contributed by atoms with Crippen LogP contribution in [0.4, 0.5) is 10.1 Å². The smallest absolute Gasteiger partial charge is 0.235 e. The average molecular weight is 490 g/mol. The van der Waals surface area contributed by atoms with E-state index in [4.69, 9.17) is 14.2 Å². The summed E-state index contributed by atoms with van der Waals surface area (Å²) in [5, 5.41) is 17.2. The molecule has 0 bridgehead atoms. The highest BCUT2D eigenvalue weighted by Gasteiger charge is 2.51. The van der Waals surface area contributed by atoms with Crippen LogP contribution >= 0.6 is 0 Å². The van der Waals surface area contributed by atoms with Gasteiger partial charge in [0, 0.05) is 11.3 Å². The molecule has 3 aromatic carbocycles. The molecule has 1 amide bonds. The predicted octanol–water partition coefficient (Wildman–Crippen LogP) is 4.37. The van der Waals surface area contributed by atoms with Crippen molar-refractivity contribution in [3.63, 3.8) is 0 Å². The molecule has 0 spiro atoms. The Kier molecular flexibility index (Phi) is 6.01. The molecule has 4 aromatic rings. The lowest BCUT2D eigenvalue weighted by molar-refractivity contribution is -0.118. The summed E-state index contributed by atoms with van der Waals surface area (Å²) in [6, 6.07) is 15.7. The third-order valence-electron chi connectivity index (χ3n) is 6.46. The van der Waals surface area contributed by atoms with Gasteiger partial charge < -0.3 is 19.5 Å². The van der Waals surface area contributed by atoms with Crippen molar-refractivity contribution in [3.8, 4) is 39.8 Å². The van der Waals surface area contributed by atoms with Gasteiger partial charge in [-0.05, 0) is 76.4 Å². The molecule has 5 rings (SSSR count). The van der Waals surface area contributed by atoms with E-state index in [1.807, 2.05) is 30.3 Å². The quantitative estimate of drug-likeness (QED) is 0.378. The van der Waals surface area contributed by atoms with Crippen LogP contribution in [0, 0.1) is 5.82 Å². The van der Waals surface area contributed by atoms with Crippen LogP contribution in [0.2, 0.25) is 0 Å². The molecule has 36 heavy (non-hydrogen) atoms. The number of nitrogens with zero attached hydrogens (tertiary/aromatic N) is 3. The molecule has 0 atom stereocenters. The summed E-state index contributed by atoms with van der Waals surface area (Å²) in [6.07, 6.45) is 1.26. The summed E-state index contributed by atoms with van der Waals surface area (Å²) in [6.45, 7) is 0. The molecule has 1 aliphatic rings. The van der Waals surface area contributed by atoms with Crippen LogP contribution < -0.4 is 19.5 Å². The number of rotatable bonds is 8. The van der Waals surface area contributed by atoms with Crippen molar-refractivity contribution >= 4 is 11.6 Å². The maximum atomic E-state index is 14.3. The maximum absolute atomic E-state index is 14.3. The van der Waals surface area contributed by atoms with Gasteiger partial charge in [0.05, 0.1) is 26.7 Å². The van der Waals surface area contributed by atoms with Crippen molar-refractivity contribution in [1.29, 1.82) is 0 Å². The standard InChI is InChI=1S/C26H24FN5O4/c1-34-21-9-5-16(13-20(21)27)26(10-11-26)25(33)28-17-6-7-18(19(14-17)24-29-31-32-30-24)15-4-8-22(35-2)23(12-15)36-3/h4-9,12-14H,10-11H2,1-3H3,(H,28,33)(H,29,30,31,32). The van der Waals surface area contributed by atoms with Gasteiger partial charge in [-0.25, -0.2) is 9.49 Å². The zero-order valence-electron chi connectivity index (χ0n) is 20.0. The first-order chi connectivity index (χ1) is 17.5. The molecule has 10 heteroatoms. The summed E-state index contributed by atoms with van der Waals surface area (Å²) in [5.74, 6) is 1.08. The van der Waals surface area contributed by atoms with E-state index in [-0.39, 0.29) is 11.7 Å². The minimum Gasteiger partial charge on any atom is -0.494 e. The van der Waals surface area contributed by atoms with Crippen LogP contribution in [0.15, 0.2) is 54.6 Å². The number of methoxy groups -OCH3 is 3. The molecule has 1 heterocycles. The second kappa shape index (κ2) is 9.29. The summed E-state index contributed by atoms with van der Waals surface area (Å²) in [5.41, 5.74) is 2.78. The van der Waals surface area contributed by atoms with Gasteiger partial charge in [-0.1, -0.05) is 18.2 Å². The first kappa shape index (κ1) is 23.3. The number of H-pyrrole nitrogens is 1. The number of aromatic nitrogens is 4. The normalized spacial score (nSPS) is 13.7. The van der Waals surface area contributed by atoms with Crippen LogP contribution in [-0.4, -0.2) is 47.9 Å². The molecular weight excluding hydrogens is 465 g/mol. The highest BCUT2D eigenvalue weighted by atomic mass is 19.1. The number of hydrogen-bond acceptors (Lipinski definition) is 7. The maximum Gasteiger partial charge on any atom is 0.235 e. The fraction of sp³-hybridized carbons (Fsp3) is 0.231. The molecule has 0 radical (unpaired) electrons. The van der Waals surface area contributed by atoms with Gasteiger partial charge in [-0.15, -0.1) is 5.10 Å². The monoisotopic (exact) mass is 489 g/mol. The van der Waals surface area contributed by atoms with Gasteiger partial charge >= 0.3 is 0 Å². The Bertz CT molecular complexity index is 1420. The number of halogens is 1. The van der Waals surface area contributed by atoms with Gasteiger partial charge in [-0.3, -0.25) is 4.79 Å². The summed E-state index contributed by atoms with van der Waals surface area (Å²) >= 11 is 0. The molecule has 1 aromatic heterocycles. The predicted molar refractivity (Wildman–Crippen MR) is 131 cm³/mol. The van der Waals surface area contributed by atoms with Gasteiger partial charge in [-0.2, -0.15) is 0 Å². The van der Waals surface area contributed by atoms with Crippen molar-refractivity contribution in [3.05, 3.63) is 66.0 Å². The molecule has 0 unspecified atom stereocenters. The topological polar surface area (TPSA) is 111 Å². The minimum atomic E-state index is -0.775. The van der Waals surface area contributed by atoms with E-state index in [0.29, 0.717) is 47.0 Å². The number of carbonyl (C=O) groups excluding carboxylic acids is 1. The molecule has 184 valence electrons. The van der Waals surface area contributed by atoms with E-state index >= 15 is 0 Å².